The summed E-state index contributed by atoms with van der Waals surface area (Å²) in [5, 5.41) is 8.40. The molecule has 0 saturated carbocycles. The van der Waals surface area contributed by atoms with Crippen LogP contribution >= 0.6 is 31.9 Å². The number of nitrogens with two attached hydrogens (primary N) is 1. The lowest BCUT2D eigenvalue weighted by molar-refractivity contribution is 0.574. The molecular formula is C12H14Br2N4. The van der Waals surface area contributed by atoms with Crippen LogP contribution in [-0.4, -0.2) is 14.8 Å². The number of aromatic nitrogens is 3. The van der Waals surface area contributed by atoms with Crippen LogP contribution < -0.4 is 5.73 Å². The standard InChI is InChI=1S/C12H14Br2N4/c1-7(2)18-11(6-15)16-17-12(18)8-3-9(13)5-10(14)4-8/h3-5,7H,6,15H2,1-2H3. The van der Waals surface area contributed by atoms with E-state index in [4.69, 9.17) is 5.73 Å². The fourth-order valence-corrected chi connectivity index (χ4v) is 3.18. The van der Waals surface area contributed by atoms with Crippen molar-refractivity contribution in [1.29, 1.82) is 0 Å². The monoisotopic (exact) mass is 372 g/mol. The van der Waals surface area contributed by atoms with Gasteiger partial charge in [0, 0.05) is 20.6 Å². The van der Waals surface area contributed by atoms with Crippen LogP contribution in [0.5, 0.6) is 0 Å². The quantitative estimate of drug-likeness (QED) is 0.895. The molecule has 1 heterocycles. The van der Waals surface area contributed by atoms with Crippen LogP contribution in [-0.2, 0) is 6.54 Å². The van der Waals surface area contributed by atoms with Crippen molar-refractivity contribution in [2.45, 2.75) is 26.4 Å². The summed E-state index contributed by atoms with van der Waals surface area (Å²) in [7, 11) is 0. The highest BCUT2D eigenvalue weighted by Gasteiger charge is 2.15. The Labute approximate surface area is 123 Å². The molecular weight excluding hydrogens is 360 g/mol. The fourth-order valence-electron chi connectivity index (χ4n) is 1.89. The van der Waals surface area contributed by atoms with Gasteiger partial charge in [-0.3, -0.25) is 0 Å². The molecule has 2 rings (SSSR count). The predicted octanol–water partition coefficient (Wildman–Crippen LogP) is 3.51. The number of halogens is 2. The predicted molar refractivity (Wildman–Crippen MR) is 79.1 cm³/mol. The summed E-state index contributed by atoms with van der Waals surface area (Å²) in [6, 6.07) is 6.30. The first-order valence-corrected chi connectivity index (χ1v) is 7.22. The summed E-state index contributed by atoms with van der Waals surface area (Å²) >= 11 is 6.97. The molecule has 0 bridgehead atoms. The number of rotatable bonds is 3. The summed E-state index contributed by atoms with van der Waals surface area (Å²) in [5.41, 5.74) is 6.71. The Morgan fingerprint density at radius 2 is 1.78 bits per heavy atom. The van der Waals surface area contributed by atoms with Crippen LogP contribution in [0.1, 0.15) is 25.7 Å². The Balaban J connectivity index is 2.60. The van der Waals surface area contributed by atoms with E-state index in [1.54, 1.807) is 0 Å². The van der Waals surface area contributed by atoms with Crippen LogP contribution in [0.2, 0.25) is 0 Å². The van der Waals surface area contributed by atoms with Gasteiger partial charge in [0.2, 0.25) is 0 Å². The second-order valence-corrected chi connectivity index (χ2v) is 6.10. The molecule has 2 aromatic rings. The van der Waals surface area contributed by atoms with Gasteiger partial charge in [-0.05, 0) is 32.0 Å². The van der Waals surface area contributed by atoms with Crippen LogP contribution in [0.15, 0.2) is 27.1 Å². The molecule has 0 amide bonds. The number of hydrogen-bond acceptors (Lipinski definition) is 3. The van der Waals surface area contributed by atoms with Gasteiger partial charge in [0.15, 0.2) is 5.82 Å². The van der Waals surface area contributed by atoms with E-state index in [2.05, 4.69) is 60.5 Å². The molecule has 0 spiro atoms. The molecule has 96 valence electrons. The Hall–Kier alpha value is -0.720. The first kappa shape index (κ1) is 13.7. The third-order valence-electron chi connectivity index (χ3n) is 2.59. The molecule has 0 unspecified atom stereocenters. The molecule has 0 radical (unpaired) electrons. The van der Waals surface area contributed by atoms with Gasteiger partial charge in [-0.2, -0.15) is 0 Å². The average Bonchev–Trinajstić information content (AvgIpc) is 2.71. The molecule has 18 heavy (non-hydrogen) atoms. The van der Waals surface area contributed by atoms with Crippen molar-refractivity contribution in [3.8, 4) is 11.4 Å². The maximum atomic E-state index is 5.70. The molecule has 1 aromatic carbocycles. The van der Waals surface area contributed by atoms with E-state index < -0.39 is 0 Å². The van der Waals surface area contributed by atoms with Gasteiger partial charge in [-0.15, -0.1) is 10.2 Å². The lowest BCUT2D eigenvalue weighted by atomic mass is 10.2. The lowest BCUT2D eigenvalue weighted by Gasteiger charge is -2.13. The molecule has 2 N–H and O–H groups in total. The highest BCUT2D eigenvalue weighted by atomic mass is 79.9. The average molecular weight is 374 g/mol. The van der Waals surface area contributed by atoms with Gasteiger partial charge in [-0.1, -0.05) is 31.9 Å². The Bertz CT molecular complexity index is 543. The number of nitrogens with zero attached hydrogens (tertiary/aromatic N) is 3. The van der Waals surface area contributed by atoms with E-state index in [-0.39, 0.29) is 6.04 Å². The largest absolute Gasteiger partial charge is 0.324 e. The van der Waals surface area contributed by atoms with Crippen LogP contribution in [0.4, 0.5) is 0 Å². The first-order chi connectivity index (χ1) is 8.52. The zero-order chi connectivity index (χ0) is 13.3. The summed E-state index contributed by atoms with van der Waals surface area (Å²) in [5.74, 6) is 1.64. The van der Waals surface area contributed by atoms with E-state index in [9.17, 15) is 0 Å². The SMILES string of the molecule is CC(C)n1c(CN)nnc1-c1cc(Br)cc(Br)c1. The normalized spacial score (nSPS) is 11.2. The lowest BCUT2D eigenvalue weighted by Crippen LogP contribution is -2.11. The Kier molecular flexibility index (Phi) is 4.19. The zero-order valence-electron chi connectivity index (χ0n) is 10.2. The number of hydrogen-bond donors (Lipinski definition) is 1. The third-order valence-corrected chi connectivity index (χ3v) is 3.50. The number of benzene rings is 1. The van der Waals surface area contributed by atoms with Crippen molar-refractivity contribution in [1.82, 2.24) is 14.8 Å². The van der Waals surface area contributed by atoms with Gasteiger partial charge in [0.05, 0.1) is 6.54 Å². The summed E-state index contributed by atoms with van der Waals surface area (Å²) in [6.45, 7) is 4.58. The zero-order valence-corrected chi connectivity index (χ0v) is 13.4. The molecule has 0 aliphatic heterocycles. The van der Waals surface area contributed by atoms with E-state index >= 15 is 0 Å². The van der Waals surface area contributed by atoms with Gasteiger partial charge in [0.25, 0.3) is 0 Å². The van der Waals surface area contributed by atoms with Crippen molar-refractivity contribution >= 4 is 31.9 Å². The molecule has 1 aromatic heterocycles. The highest BCUT2D eigenvalue weighted by molar-refractivity contribution is 9.11. The van der Waals surface area contributed by atoms with E-state index in [0.717, 1.165) is 26.2 Å². The van der Waals surface area contributed by atoms with Gasteiger partial charge in [0.1, 0.15) is 5.82 Å². The maximum absolute atomic E-state index is 5.70. The molecule has 0 saturated heterocycles. The van der Waals surface area contributed by atoms with Crippen molar-refractivity contribution < 1.29 is 0 Å². The van der Waals surface area contributed by atoms with Crippen LogP contribution in [0, 0.1) is 0 Å². The van der Waals surface area contributed by atoms with Crippen LogP contribution in [0.25, 0.3) is 11.4 Å². The maximum Gasteiger partial charge on any atom is 0.164 e. The van der Waals surface area contributed by atoms with Gasteiger partial charge >= 0.3 is 0 Å². The summed E-state index contributed by atoms with van der Waals surface area (Å²) in [6.07, 6.45) is 0. The Morgan fingerprint density at radius 1 is 1.17 bits per heavy atom. The van der Waals surface area contributed by atoms with Crippen molar-refractivity contribution in [3.05, 3.63) is 33.0 Å². The van der Waals surface area contributed by atoms with Crippen LogP contribution in [0.3, 0.4) is 0 Å². The van der Waals surface area contributed by atoms with E-state index in [1.807, 2.05) is 18.2 Å². The molecule has 6 heteroatoms. The molecule has 0 aliphatic rings. The smallest absolute Gasteiger partial charge is 0.164 e. The van der Waals surface area contributed by atoms with Gasteiger partial charge < -0.3 is 10.3 Å². The fraction of sp³-hybridized carbons (Fsp3) is 0.333. The minimum absolute atomic E-state index is 0.270. The molecule has 0 aliphatic carbocycles. The van der Waals surface area contributed by atoms with Crippen molar-refractivity contribution in [2.75, 3.05) is 0 Å². The third kappa shape index (κ3) is 2.65. The molecule has 4 nitrogen and oxygen atoms in total. The second-order valence-electron chi connectivity index (χ2n) is 4.27. The van der Waals surface area contributed by atoms with Gasteiger partial charge in [-0.25, -0.2) is 0 Å². The van der Waals surface area contributed by atoms with Crippen molar-refractivity contribution in [2.24, 2.45) is 5.73 Å². The minimum Gasteiger partial charge on any atom is -0.324 e. The highest BCUT2D eigenvalue weighted by Crippen LogP contribution is 2.28. The van der Waals surface area contributed by atoms with E-state index in [1.165, 1.54) is 0 Å². The summed E-state index contributed by atoms with van der Waals surface area (Å²) < 4.78 is 4.06. The molecule has 0 atom stereocenters. The van der Waals surface area contributed by atoms with Crippen molar-refractivity contribution in [3.63, 3.8) is 0 Å². The Morgan fingerprint density at radius 3 is 2.28 bits per heavy atom. The second kappa shape index (κ2) is 5.50. The summed E-state index contributed by atoms with van der Waals surface area (Å²) in [4.78, 5) is 0. The molecule has 0 fully saturated rings. The first-order valence-electron chi connectivity index (χ1n) is 5.63. The minimum atomic E-state index is 0.270. The van der Waals surface area contributed by atoms with E-state index in [0.29, 0.717) is 6.54 Å². The topological polar surface area (TPSA) is 56.7 Å².